The van der Waals surface area contributed by atoms with Gasteiger partial charge in [0.05, 0.1) is 6.61 Å². The van der Waals surface area contributed by atoms with E-state index in [0.29, 0.717) is 19.6 Å². The molecule has 0 saturated carbocycles. The summed E-state index contributed by atoms with van der Waals surface area (Å²) < 4.78 is 4.96. The van der Waals surface area contributed by atoms with Gasteiger partial charge >= 0.3 is 5.97 Å². The fourth-order valence-corrected chi connectivity index (χ4v) is 3.65. The second-order valence-corrected chi connectivity index (χ2v) is 8.41. The Kier molecular flexibility index (Phi) is 9.32. The summed E-state index contributed by atoms with van der Waals surface area (Å²) in [6, 6.07) is 18.2. The Labute approximate surface area is 208 Å². The van der Waals surface area contributed by atoms with E-state index in [4.69, 9.17) is 9.84 Å². The highest BCUT2D eigenvalue weighted by Crippen LogP contribution is 2.20. The lowest BCUT2D eigenvalue weighted by Gasteiger charge is -2.20. The third-order valence-electron chi connectivity index (χ3n) is 5.69. The molecule has 3 rings (SSSR count). The Morgan fingerprint density at radius 1 is 1.08 bits per heavy atom. The summed E-state index contributed by atoms with van der Waals surface area (Å²) in [5.41, 5.74) is 3.06. The summed E-state index contributed by atoms with van der Waals surface area (Å²) in [4.78, 5) is 38.0. The maximum atomic E-state index is 12.9. The molecule has 0 fully saturated rings. The molecule has 0 aliphatic rings. The molecule has 190 valence electrons. The van der Waals surface area contributed by atoms with Gasteiger partial charge in [-0.3, -0.25) is 14.7 Å². The maximum absolute atomic E-state index is 12.9. The van der Waals surface area contributed by atoms with Crippen LogP contribution in [0.25, 0.3) is 11.1 Å². The van der Waals surface area contributed by atoms with Crippen LogP contribution in [0, 0.1) is 0 Å². The Morgan fingerprint density at radius 3 is 2.39 bits per heavy atom. The molecule has 1 heterocycles. The molecule has 0 bridgehead atoms. The van der Waals surface area contributed by atoms with Gasteiger partial charge in [0, 0.05) is 39.2 Å². The maximum Gasteiger partial charge on any atom is 0.332 e. The van der Waals surface area contributed by atoms with Gasteiger partial charge in [-0.1, -0.05) is 54.6 Å². The van der Waals surface area contributed by atoms with Crippen LogP contribution in [0.4, 0.5) is 0 Å². The number of rotatable bonds is 12. The van der Waals surface area contributed by atoms with Crippen molar-refractivity contribution in [2.45, 2.75) is 25.0 Å². The van der Waals surface area contributed by atoms with Gasteiger partial charge in [-0.2, -0.15) is 5.10 Å². The predicted octanol–water partition coefficient (Wildman–Crippen LogP) is 1.97. The van der Waals surface area contributed by atoms with E-state index < -0.39 is 24.0 Å². The van der Waals surface area contributed by atoms with Crippen molar-refractivity contribution in [2.24, 2.45) is 0 Å². The smallest absolute Gasteiger partial charge is 0.332 e. The van der Waals surface area contributed by atoms with Crippen molar-refractivity contribution in [3.63, 3.8) is 0 Å². The number of aromatic amines is 1. The summed E-state index contributed by atoms with van der Waals surface area (Å²) >= 11 is 0. The van der Waals surface area contributed by atoms with E-state index in [1.165, 1.54) is 18.1 Å². The highest BCUT2D eigenvalue weighted by Gasteiger charge is 2.24. The number of ether oxygens (including phenoxy) is 1. The highest BCUT2D eigenvalue weighted by molar-refractivity contribution is 5.97. The number of hydrogen-bond donors (Lipinski definition) is 4. The molecule has 2 aromatic carbocycles. The van der Waals surface area contributed by atoms with Gasteiger partial charge in [0.15, 0.2) is 11.8 Å². The van der Waals surface area contributed by atoms with Gasteiger partial charge in [0.2, 0.25) is 0 Å². The van der Waals surface area contributed by atoms with E-state index >= 15 is 0 Å². The summed E-state index contributed by atoms with van der Waals surface area (Å²) in [5, 5.41) is 28.3. The SMILES string of the molecule is COCCN(C)C(=O)c1cc(C(=O)N[C@H](Cc2ccc(-c3ccccc3)cc2)C[C@H](O)C(=O)O)[nH]n1. The van der Waals surface area contributed by atoms with Crippen LogP contribution in [-0.4, -0.2) is 82.5 Å². The number of carbonyl (C=O) groups is 3. The Balaban J connectivity index is 1.70. The van der Waals surface area contributed by atoms with E-state index in [1.807, 2.05) is 54.6 Å². The van der Waals surface area contributed by atoms with Crippen molar-refractivity contribution in [1.82, 2.24) is 20.4 Å². The molecule has 10 nitrogen and oxygen atoms in total. The highest BCUT2D eigenvalue weighted by atomic mass is 16.5. The largest absolute Gasteiger partial charge is 0.479 e. The monoisotopic (exact) mass is 494 g/mol. The summed E-state index contributed by atoms with van der Waals surface area (Å²) in [6.07, 6.45) is -1.54. The standard InChI is InChI=1S/C26H30N4O6/c1-30(12-13-36-2)25(33)22-16-21(28-29-22)24(32)27-20(15-23(31)26(34)35)14-17-8-10-19(11-9-17)18-6-4-3-5-7-18/h3-11,16,20,23,31H,12-15H2,1-2H3,(H,27,32)(H,28,29)(H,34,35)/t20-,23+/m1/s1. The number of methoxy groups -OCH3 is 1. The van der Waals surface area contributed by atoms with Crippen LogP contribution in [0.1, 0.15) is 33.0 Å². The van der Waals surface area contributed by atoms with Crippen LogP contribution >= 0.6 is 0 Å². The van der Waals surface area contributed by atoms with Crippen molar-refractivity contribution >= 4 is 17.8 Å². The molecule has 2 amide bonds. The Morgan fingerprint density at radius 2 is 1.75 bits per heavy atom. The first-order valence-electron chi connectivity index (χ1n) is 11.4. The molecule has 0 spiro atoms. The van der Waals surface area contributed by atoms with Crippen LogP contribution in [0.15, 0.2) is 60.7 Å². The first kappa shape index (κ1) is 26.6. The van der Waals surface area contributed by atoms with Gasteiger partial charge < -0.3 is 25.2 Å². The lowest BCUT2D eigenvalue weighted by Crippen LogP contribution is -2.40. The quantitative estimate of drug-likeness (QED) is 0.301. The van der Waals surface area contributed by atoms with Gasteiger partial charge in [0.1, 0.15) is 5.69 Å². The number of nitrogens with one attached hydrogen (secondary N) is 2. The zero-order chi connectivity index (χ0) is 26.1. The Bertz CT molecular complexity index is 1160. The van der Waals surface area contributed by atoms with Crippen LogP contribution < -0.4 is 5.32 Å². The molecular formula is C26H30N4O6. The van der Waals surface area contributed by atoms with Crippen molar-refractivity contribution in [3.8, 4) is 11.1 Å². The minimum Gasteiger partial charge on any atom is -0.479 e. The second kappa shape index (κ2) is 12.6. The fraction of sp³-hybridized carbons (Fsp3) is 0.308. The van der Waals surface area contributed by atoms with Gasteiger partial charge in [-0.25, -0.2) is 4.79 Å². The molecule has 10 heteroatoms. The van der Waals surface area contributed by atoms with Gasteiger partial charge in [0.25, 0.3) is 11.8 Å². The lowest BCUT2D eigenvalue weighted by atomic mass is 9.97. The molecule has 0 radical (unpaired) electrons. The van der Waals surface area contributed by atoms with E-state index in [0.717, 1.165) is 16.7 Å². The first-order chi connectivity index (χ1) is 17.3. The molecule has 0 aliphatic carbocycles. The predicted molar refractivity (Wildman–Crippen MR) is 133 cm³/mol. The molecule has 2 atom stereocenters. The number of carboxylic acids is 1. The zero-order valence-electron chi connectivity index (χ0n) is 20.2. The van der Waals surface area contributed by atoms with E-state index in [2.05, 4.69) is 15.5 Å². The van der Waals surface area contributed by atoms with Crippen LogP contribution in [0.5, 0.6) is 0 Å². The molecule has 1 aromatic heterocycles. The van der Waals surface area contributed by atoms with Crippen molar-refractivity contribution < 1.29 is 29.3 Å². The molecule has 4 N–H and O–H groups in total. The second-order valence-electron chi connectivity index (χ2n) is 8.41. The van der Waals surface area contributed by atoms with Crippen molar-refractivity contribution in [3.05, 3.63) is 77.6 Å². The minimum absolute atomic E-state index is 0.0488. The lowest BCUT2D eigenvalue weighted by molar-refractivity contribution is -0.147. The van der Waals surface area contributed by atoms with E-state index in [9.17, 15) is 19.5 Å². The first-order valence-corrected chi connectivity index (χ1v) is 11.4. The number of benzene rings is 2. The number of likely N-dealkylation sites (N-methyl/N-ethyl adjacent to an activating group) is 1. The summed E-state index contributed by atoms with van der Waals surface area (Å²) in [5.74, 6) is -2.31. The van der Waals surface area contributed by atoms with E-state index in [1.54, 1.807) is 7.05 Å². The van der Waals surface area contributed by atoms with Crippen LogP contribution in [0.2, 0.25) is 0 Å². The van der Waals surface area contributed by atoms with Gasteiger partial charge in [-0.15, -0.1) is 0 Å². The number of carboxylic acid groups (broad SMARTS) is 1. The van der Waals surface area contributed by atoms with Crippen molar-refractivity contribution in [1.29, 1.82) is 0 Å². The topological polar surface area (TPSA) is 145 Å². The van der Waals surface area contributed by atoms with E-state index in [-0.39, 0.29) is 23.7 Å². The average Bonchev–Trinajstić information content (AvgIpc) is 3.38. The molecular weight excluding hydrogens is 464 g/mol. The number of aliphatic hydroxyl groups excluding tert-OH is 1. The number of H-pyrrole nitrogens is 1. The number of nitrogens with zero attached hydrogens (tertiary/aromatic N) is 2. The number of aromatic nitrogens is 2. The molecule has 0 unspecified atom stereocenters. The zero-order valence-corrected chi connectivity index (χ0v) is 20.2. The average molecular weight is 495 g/mol. The number of hydrogen-bond acceptors (Lipinski definition) is 6. The van der Waals surface area contributed by atoms with Crippen molar-refractivity contribution in [2.75, 3.05) is 27.3 Å². The third-order valence-corrected chi connectivity index (χ3v) is 5.69. The fourth-order valence-electron chi connectivity index (χ4n) is 3.65. The third kappa shape index (κ3) is 7.24. The number of carbonyl (C=O) groups excluding carboxylic acids is 2. The normalized spacial score (nSPS) is 12.5. The van der Waals surface area contributed by atoms with Gasteiger partial charge in [-0.05, 0) is 23.1 Å². The number of aliphatic carboxylic acids is 1. The number of amides is 2. The summed E-state index contributed by atoms with van der Waals surface area (Å²) in [6.45, 7) is 0.724. The number of aliphatic hydroxyl groups is 1. The minimum atomic E-state index is -1.65. The molecule has 0 aliphatic heterocycles. The summed E-state index contributed by atoms with van der Waals surface area (Å²) in [7, 11) is 3.13. The Hall–Kier alpha value is -4.02. The molecule has 3 aromatic rings. The van der Waals surface area contributed by atoms with Crippen LogP contribution in [-0.2, 0) is 16.0 Å². The molecule has 0 saturated heterocycles. The van der Waals surface area contributed by atoms with Crippen LogP contribution in [0.3, 0.4) is 0 Å². The molecule has 36 heavy (non-hydrogen) atoms.